The number of pyridine rings is 2. The van der Waals surface area contributed by atoms with E-state index in [1.54, 1.807) is 0 Å². The minimum Gasteiger partial charge on any atom is -0.309 e. The summed E-state index contributed by atoms with van der Waals surface area (Å²) in [6.45, 7) is 0. The molecule has 0 amide bonds. The Morgan fingerprint density at radius 2 is 0.907 bits per heavy atom. The van der Waals surface area contributed by atoms with Gasteiger partial charge in [-0.2, -0.15) is 0 Å². The Balaban J connectivity index is 1.05. The van der Waals surface area contributed by atoms with Gasteiger partial charge in [0.2, 0.25) is 0 Å². The summed E-state index contributed by atoms with van der Waals surface area (Å²) in [6.07, 6.45) is 3.92. The molecule has 0 unspecified atom stereocenters. The lowest BCUT2D eigenvalue weighted by atomic mass is 9.98. The van der Waals surface area contributed by atoms with Gasteiger partial charge in [0, 0.05) is 67.4 Å². The van der Waals surface area contributed by atoms with Crippen molar-refractivity contribution in [2.75, 3.05) is 0 Å². The van der Waals surface area contributed by atoms with Crippen LogP contribution in [0.2, 0.25) is 0 Å². The zero-order valence-corrected chi connectivity index (χ0v) is 29.1. The average Bonchev–Trinajstić information content (AvgIpc) is 3.87. The van der Waals surface area contributed by atoms with Crippen LogP contribution in [0.1, 0.15) is 0 Å². The van der Waals surface area contributed by atoms with E-state index in [4.69, 9.17) is 4.98 Å². The second-order valence-electron chi connectivity index (χ2n) is 14.2. The minimum absolute atomic E-state index is 1.01. The maximum absolute atomic E-state index is 5.06. The van der Waals surface area contributed by atoms with Crippen LogP contribution in [0.5, 0.6) is 0 Å². The molecule has 11 aromatic rings. The number of fused-ring (bicyclic) bond motifs is 9. The Kier molecular flexibility index (Phi) is 6.02. The van der Waals surface area contributed by atoms with Crippen LogP contribution in [0.15, 0.2) is 182 Å². The predicted molar refractivity (Wildman–Crippen MR) is 224 cm³/mol. The van der Waals surface area contributed by atoms with Crippen molar-refractivity contribution in [3.8, 4) is 56.0 Å². The number of aromatic nitrogens is 4. The van der Waals surface area contributed by atoms with Crippen LogP contribution in [0, 0.1) is 0 Å². The quantitative estimate of drug-likeness (QED) is 0.185. The van der Waals surface area contributed by atoms with Crippen molar-refractivity contribution in [1.82, 2.24) is 19.1 Å². The molecule has 0 atom stereocenters. The number of hydrogen-bond donors (Lipinski definition) is 0. The molecule has 0 aliphatic heterocycles. The molecule has 0 spiro atoms. The van der Waals surface area contributed by atoms with Gasteiger partial charge in [-0.25, -0.2) is 0 Å². The molecule has 0 fully saturated rings. The second-order valence-corrected chi connectivity index (χ2v) is 14.2. The fourth-order valence-corrected chi connectivity index (χ4v) is 8.92. The first-order valence-corrected chi connectivity index (χ1v) is 18.4. The van der Waals surface area contributed by atoms with Gasteiger partial charge in [0.25, 0.3) is 0 Å². The van der Waals surface area contributed by atoms with Crippen LogP contribution in [-0.2, 0) is 0 Å². The highest BCUT2D eigenvalue weighted by Crippen LogP contribution is 2.47. The zero-order valence-electron chi connectivity index (χ0n) is 29.1. The minimum atomic E-state index is 1.01. The van der Waals surface area contributed by atoms with E-state index in [2.05, 4.69) is 184 Å². The highest BCUT2D eigenvalue weighted by atomic mass is 15.0. The van der Waals surface area contributed by atoms with Gasteiger partial charge >= 0.3 is 0 Å². The first-order valence-electron chi connectivity index (χ1n) is 18.4. The Hall–Kier alpha value is -7.30. The van der Waals surface area contributed by atoms with E-state index in [-0.39, 0.29) is 0 Å². The van der Waals surface area contributed by atoms with Gasteiger partial charge < -0.3 is 9.13 Å². The lowest BCUT2D eigenvalue weighted by Gasteiger charge is -2.09. The largest absolute Gasteiger partial charge is 0.309 e. The number of rotatable bonds is 4. The molecule has 54 heavy (non-hydrogen) atoms. The van der Waals surface area contributed by atoms with Crippen LogP contribution in [0.3, 0.4) is 0 Å². The summed E-state index contributed by atoms with van der Waals surface area (Å²) in [5.74, 6) is 0. The van der Waals surface area contributed by atoms with Crippen molar-refractivity contribution in [2.24, 2.45) is 0 Å². The molecule has 4 heterocycles. The van der Waals surface area contributed by atoms with E-state index in [1.165, 1.54) is 76.9 Å². The predicted octanol–water partition coefficient (Wildman–Crippen LogP) is 12.8. The van der Waals surface area contributed by atoms with Crippen LogP contribution in [-0.4, -0.2) is 19.1 Å². The van der Waals surface area contributed by atoms with Crippen LogP contribution in [0.4, 0.5) is 0 Å². The SMILES string of the molecule is c1ccc(-n2c3ccccc3c3cc(-c4ccc5c(c4)c4cc(-c6cnc7c(c6)-c6cccc8nccc-7c68)ccc4n5-c4ccccc4)ccc32)cc1. The van der Waals surface area contributed by atoms with Gasteiger partial charge in [0.05, 0.1) is 33.3 Å². The fourth-order valence-electron chi connectivity index (χ4n) is 8.92. The van der Waals surface area contributed by atoms with Gasteiger partial charge in [-0.15, -0.1) is 0 Å². The van der Waals surface area contributed by atoms with E-state index in [1.807, 2.05) is 12.4 Å². The molecule has 12 rings (SSSR count). The van der Waals surface area contributed by atoms with Gasteiger partial charge in [0.15, 0.2) is 0 Å². The third-order valence-corrected chi connectivity index (χ3v) is 11.3. The molecule has 250 valence electrons. The zero-order chi connectivity index (χ0) is 35.3. The topological polar surface area (TPSA) is 35.6 Å². The maximum Gasteiger partial charge on any atom is 0.0788 e. The van der Waals surface area contributed by atoms with Crippen molar-refractivity contribution in [3.63, 3.8) is 0 Å². The van der Waals surface area contributed by atoms with E-state index >= 15 is 0 Å². The second kappa shape index (κ2) is 11.1. The molecule has 0 N–H and O–H groups in total. The monoisotopic (exact) mass is 686 g/mol. The van der Waals surface area contributed by atoms with Crippen molar-refractivity contribution in [2.45, 2.75) is 0 Å². The van der Waals surface area contributed by atoms with Gasteiger partial charge in [-0.3, -0.25) is 9.97 Å². The first-order chi connectivity index (χ1) is 26.8. The molecule has 0 bridgehead atoms. The highest BCUT2D eigenvalue weighted by Gasteiger charge is 2.24. The van der Waals surface area contributed by atoms with Crippen molar-refractivity contribution >= 4 is 54.5 Å². The molecule has 0 saturated heterocycles. The molecule has 7 aromatic carbocycles. The van der Waals surface area contributed by atoms with E-state index < -0.39 is 0 Å². The third-order valence-electron chi connectivity index (χ3n) is 11.3. The van der Waals surface area contributed by atoms with E-state index in [0.717, 1.165) is 33.6 Å². The summed E-state index contributed by atoms with van der Waals surface area (Å²) in [6, 6.07) is 61.5. The molecule has 0 radical (unpaired) electrons. The smallest absolute Gasteiger partial charge is 0.0788 e. The van der Waals surface area contributed by atoms with Crippen molar-refractivity contribution in [1.29, 1.82) is 0 Å². The number of para-hydroxylation sites is 3. The Labute approximate surface area is 310 Å². The Morgan fingerprint density at radius 1 is 0.352 bits per heavy atom. The lowest BCUT2D eigenvalue weighted by Crippen LogP contribution is -1.93. The summed E-state index contributed by atoms with van der Waals surface area (Å²) in [4.78, 5) is 9.69. The van der Waals surface area contributed by atoms with Gasteiger partial charge in [-0.1, -0.05) is 84.9 Å². The Morgan fingerprint density at radius 3 is 1.56 bits per heavy atom. The molecule has 4 nitrogen and oxygen atoms in total. The Bertz CT molecular complexity index is 3310. The standard InChI is InChI=1S/C50H30N4/c1-3-10-35(11-4-1)53-45-17-8-7-14-37(45)40-26-31(18-21-46(40)53)32-19-22-47-41(27-32)42-28-33(20-23-48(42)54(47)36-12-5-2-6-13-36)34-29-43-38-15-9-16-44-49(38)39(24-25-51-44)50(43)52-30-34/h1-30H. The number of nitrogens with zero attached hydrogens (tertiary/aromatic N) is 4. The molecule has 1 aliphatic carbocycles. The average molecular weight is 687 g/mol. The fraction of sp³-hybridized carbons (Fsp3) is 0. The molecule has 0 saturated carbocycles. The van der Waals surface area contributed by atoms with Crippen molar-refractivity contribution in [3.05, 3.63) is 182 Å². The maximum atomic E-state index is 5.06. The van der Waals surface area contributed by atoms with E-state index in [0.29, 0.717) is 0 Å². The van der Waals surface area contributed by atoms with Crippen LogP contribution in [0.25, 0.3) is 111 Å². The molecular weight excluding hydrogens is 657 g/mol. The van der Waals surface area contributed by atoms with Gasteiger partial charge in [0.1, 0.15) is 0 Å². The molecular formula is C50H30N4. The normalized spacial score (nSPS) is 12.1. The number of benzene rings is 7. The summed E-state index contributed by atoms with van der Waals surface area (Å²) in [5, 5.41) is 6.13. The van der Waals surface area contributed by atoms with Crippen LogP contribution >= 0.6 is 0 Å². The first kappa shape index (κ1) is 29.3. The third kappa shape index (κ3) is 4.13. The highest BCUT2D eigenvalue weighted by molar-refractivity contribution is 6.15. The van der Waals surface area contributed by atoms with Crippen molar-refractivity contribution < 1.29 is 0 Å². The summed E-state index contributed by atoms with van der Waals surface area (Å²) in [5.41, 5.74) is 17.3. The molecule has 4 aromatic heterocycles. The van der Waals surface area contributed by atoms with E-state index in [9.17, 15) is 0 Å². The molecule has 1 aliphatic rings. The van der Waals surface area contributed by atoms with Gasteiger partial charge in [-0.05, 0) is 107 Å². The lowest BCUT2D eigenvalue weighted by molar-refractivity contribution is 1.18. The summed E-state index contributed by atoms with van der Waals surface area (Å²) in [7, 11) is 0. The summed E-state index contributed by atoms with van der Waals surface area (Å²) < 4.78 is 4.76. The molecule has 4 heteroatoms. The summed E-state index contributed by atoms with van der Waals surface area (Å²) >= 11 is 0. The van der Waals surface area contributed by atoms with Crippen LogP contribution < -0.4 is 0 Å². The number of hydrogen-bond acceptors (Lipinski definition) is 2.